The summed E-state index contributed by atoms with van der Waals surface area (Å²) in [4.78, 5) is 9.42. The van der Waals surface area contributed by atoms with Crippen molar-refractivity contribution in [2.45, 2.75) is 46.1 Å². The lowest BCUT2D eigenvalue weighted by Gasteiger charge is -2.36. The Morgan fingerprint density at radius 3 is 2.38 bits per heavy atom. The molecule has 0 aliphatic carbocycles. The smallest absolute Gasteiger partial charge is 0.216 e. The highest BCUT2D eigenvalue weighted by Crippen LogP contribution is 2.19. The van der Waals surface area contributed by atoms with E-state index in [0.29, 0.717) is 26.2 Å². The molecule has 0 spiro atoms. The van der Waals surface area contributed by atoms with Crippen LogP contribution in [0.1, 0.15) is 40.0 Å². The zero-order chi connectivity index (χ0) is 21.3. The maximum absolute atomic E-state index is 12.5. The summed E-state index contributed by atoms with van der Waals surface area (Å²) in [6.07, 6.45) is 3.71. The van der Waals surface area contributed by atoms with E-state index in [0.717, 1.165) is 31.4 Å². The van der Waals surface area contributed by atoms with Gasteiger partial charge < -0.3 is 19.9 Å². The fourth-order valence-electron chi connectivity index (χ4n) is 3.83. The van der Waals surface area contributed by atoms with E-state index < -0.39 is 10.0 Å². The predicted molar refractivity (Wildman–Crippen MR) is 119 cm³/mol. The van der Waals surface area contributed by atoms with E-state index >= 15 is 0 Å². The van der Waals surface area contributed by atoms with Gasteiger partial charge in [-0.15, -0.1) is 0 Å². The van der Waals surface area contributed by atoms with Crippen molar-refractivity contribution in [2.24, 2.45) is 10.9 Å². The van der Waals surface area contributed by atoms with Crippen LogP contribution in [0.5, 0.6) is 0 Å². The number of piperidine rings is 1. The number of hydrogen-bond acceptors (Lipinski definition) is 5. The van der Waals surface area contributed by atoms with Gasteiger partial charge in [0.25, 0.3) is 0 Å². The number of ether oxygens (including phenoxy) is 1. The van der Waals surface area contributed by atoms with Gasteiger partial charge in [0.15, 0.2) is 5.96 Å². The molecule has 0 unspecified atom stereocenters. The molecular weight excluding hydrogens is 390 g/mol. The van der Waals surface area contributed by atoms with E-state index in [4.69, 9.17) is 9.73 Å². The van der Waals surface area contributed by atoms with Gasteiger partial charge in [0.2, 0.25) is 10.0 Å². The van der Waals surface area contributed by atoms with E-state index in [1.165, 1.54) is 25.9 Å². The standard InChI is InChI=1S/C20H41N5O3S/c1-5-21-20(22-9-6-19-7-10-23(4)11-8-19)24-12-14-25(15-13-24)29(26,27)17-16-28-18(2)3/h18-19H,5-17H2,1-4H3,(H,21,22). The number of rotatable bonds is 9. The van der Waals surface area contributed by atoms with Gasteiger partial charge in [-0.2, -0.15) is 4.31 Å². The van der Waals surface area contributed by atoms with Crippen molar-refractivity contribution in [1.29, 1.82) is 0 Å². The number of nitrogens with zero attached hydrogens (tertiary/aromatic N) is 4. The van der Waals surface area contributed by atoms with E-state index in [1.54, 1.807) is 4.31 Å². The molecule has 0 radical (unpaired) electrons. The molecule has 8 nitrogen and oxygen atoms in total. The Hall–Kier alpha value is -0.900. The Bertz CT molecular complexity index is 595. The molecule has 1 N–H and O–H groups in total. The highest BCUT2D eigenvalue weighted by atomic mass is 32.2. The van der Waals surface area contributed by atoms with Crippen LogP contribution >= 0.6 is 0 Å². The molecule has 2 aliphatic heterocycles. The van der Waals surface area contributed by atoms with Crippen molar-refractivity contribution in [3.8, 4) is 0 Å². The summed E-state index contributed by atoms with van der Waals surface area (Å²) in [6, 6.07) is 0. The summed E-state index contributed by atoms with van der Waals surface area (Å²) in [6.45, 7) is 12.5. The topological polar surface area (TPSA) is 77.5 Å². The minimum atomic E-state index is -3.26. The van der Waals surface area contributed by atoms with Crippen LogP contribution in [0.15, 0.2) is 4.99 Å². The van der Waals surface area contributed by atoms with Gasteiger partial charge in [0.1, 0.15) is 0 Å². The first-order valence-corrected chi connectivity index (χ1v) is 12.7. The number of aliphatic imine (C=N–C) groups is 1. The van der Waals surface area contributed by atoms with Crippen LogP contribution in [0.2, 0.25) is 0 Å². The zero-order valence-electron chi connectivity index (χ0n) is 18.8. The molecule has 0 aromatic heterocycles. The average molecular weight is 432 g/mol. The SMILES string of the molecule is CCNC(=NCCC1CCN(C)CC1)N1CCN(S(=O)(=O)CCOC(C)C)CC1. The van der Waals surface area contributed by atoms with Gasteiger partial charge in [0.05, 0.1) is 18.5 Å². The monoisotopic (exact) mass is 431 g/mol. The number of guanidine groups is 1. The minimum Gasteiger partial charge on any atom is -0.378 e. The van der Waals surface area contributed by atoms with Crippen molar-refractivity contribution in [2.75, 3.05) is 71.8 Å². The summed E-state index contributed by atoms with van der Waals surface area (Å²) in [7, 11) is -1.07. The highest BCUT2D eigenvalue weighted by Gasteiger charge is 2.28. The fraction of sp³-hybridized carbons (Fsp3) is 0.950. The van der Waals surface area contributed by atoms with E-state index in [1.807, 2.05) is 13.8 Å². The molecule has 2 saturated heterocycles. The quantitative estimate of drug-likeness (QED) is 0.434. The third-order valence-electron chi connectivity index (χ3n) is 5.70. The van der Waals surface area contributed by atoms with Crippen molar-refractivity contribution < 1.29 is 13.2 Å². The maximum Gasteiger partial charge on any atom is 0.216 e. The predicted octanol–water partition coefficient (Wildman–Crippen LogP) is 1.06. The Kier molecular flexibility index (Phi) is 10.1. The third-order valence-corrected chi connectivity index (χ3v) is 7.53. The molecule has 2 fully saturated rings. The van der Waals surface area contributed by atoms with Crippen molar-refractivity contribution in [1.82, 2.24) is 19.4 Å². The second kappa shape index (κ2) is 12.1. The first-order chi connectivity index (χ1) is 13.8. The summed E-state index contributed by atoms with van der Waals surface area (Å²) in [5, 5.41) is 3.38. The van der Waals surface area contributed by atoms with Gasteiger partial charge in [-0.3, -0.25) is 4.99 Å². The van der Waals surface area contributed by atoms with Crippen LogP contribution in [-0.2, 0) is 14.8 Å². The van der Waals surface area contributed by atoms with Crippen LogP contribution in [0.4, 0.5) is 0 Å². The minimum absolute atomic E-state index is 0.0513. The Morgan fingerprint density at radius 1 is 1.14 bits per heavy atom. The number of piperazine rings is 1. The summed E-state index contributed by atoms with van der Waals surface area (Å²) < 4.78 is 32.0. The Labute approximate surface area is 177 Å². The average Bonchev–Trinajstić information content (AvgIpc) is 2.68. The van der Waals surface area contributed by atoms with Crippen LogP contribution in [0.25, 0.3) is 0 Å². The van der Waals surface area contributed by atoms with Crippen LogP contribution in [0.3, 0.4) is 0 Å². The summed E-state index contributed by atoms with van der Waals surface area (Å²) >= 11 is 0. The lowest BCUT2D eigenvalue weighted by atomic mass is 9.94. The van der Waals surface area contributed by atoms with Crippen LogP contribution in [0, 0.1) is 5.92 Å². The molecule has 0 amide bonds. The molecule has 2 rings (SSSR count). The number of hydrogen-bond donors (Lipinski definition) is 1. The van der Waals surface area contributed by atoms with Gasteiger partial charge >= 0.3 is 0 Å². The Morgan fingerprint density at radius 2 is 1.79 bits per heavy atom. The van der Waals surface area contributed by atoms with Gasteiger partial charge in [-0.25, -0.2) is 8.42 Å². The molecule has 170 valence electrons. The molecule has 0 bridgehead atoms. The van der Waals surface area contributed by atoms with Gasteiger partial charge in [0, 0.05) is 39.3 Å². The normalized spacial score (nSPS) is 21.1. The van der Waals surface area contributed by atoms with Crippen molar-refractivity contribution >= 4 is 16.0 Å². The molecule has 9 heteroatoms. The summed E-state index contributed by atoms with van der Waals surface area (Å²) in [5.74, 6) is 1.74. The summed E-state index contributed by atoms with van der Waals surface area (Å²) in [5.41, 5.74) is 0. The first-order valence-electron chi connectivity index (χ1n) is 11.1. The van der Waals surface area contributed by atoms with Gasteiger partial charge in [-0.1, -0.05) is 0 Å². The lowest BCUT2D eigenvalue weighted by Crippen LogP contribution is -2.54. The fourth-order valence-corrected chi connectivity index (χ4v) is 5.11. The van der Waals surface area contributed by atoms with E-state index in [2.05, 4.69) is 29.1 Å². The molecule has 0 aromatic rings. The first kappa shape index (κ1) is 24.4. The molecular formula is C20H41N5O3S. The third kappa shape index (κ3) is 8.39. The van der Waals surface area contributed by atoms with Gasteiger partial charge in [-0.05, 0) is 66.1 Å². The molecule has 2 heterocycles. The molecule has 0 atom stereocenters. The number of nitrogens with one attached hydrogen (secondary N) is 1. The van der Waals surface area contributed by atoms with Crippen molar-refractivity contribution in [3.05, 3.63) is 0 Å². The second-order valence-corrected chi connectivity index (χ2v) is 10.5. The number of sulfonamides is 1. The largest absolute Gasteiger partial charge is 0.378 e. The molecule has 0 aromatic carbocycles. The highest BCUT2D eigenvalue weighted by molar-refractivity contribution is 7.89. The second-order valence-electron chi connectivity index (χ2n) is 8.39. The van der Waals surface area contributed by atoms with Crippen LogP contribution in [-0.4, -0.2) is 106 Å². The van der Waals surface area contributed by atoms with E-state index in [-0.39, 0.29) is 18.5 Å². The molecule has 29 heavy (non-hydrogen) atoms. The van der Waals surface area contributed by atoms with E-state index in [9.17, 15) is 8.42 Å². The maximum atomic E-state index is 12.5. The Balaban J connectivity index is 1.80. The van der Waals surface area contributed by atoms with Crippen molar-refractivity contribution in [3.63, 3.8) is 0 Å². The zero-order valence-corrected chi connectivity index (χ0v) is 19.6. The molecule has 0 saturated carbocycles. The lowest BCUT2D eigenvalue weighted by molar-refractivity contribution is 0.0904. The number of likely N-dealkylation sites (tertiary alicyclic amines) is 1. The molecule has 2 aliphatic rings. The van der Waals surface area contributed by atoms with Crippen LogP contribution < -0.4 is 5.32 Å².